The number of anilines is 1. The number of halogens is 2. The third kappa shape index (κ3) is 3.41. The largest absolute Gasteiger partial charge is 0.311 e. The van der Waals surface area contributed by atoms with Crippen molar-refractivity contribution in [3.05, 3.63) is 63.9 Å². The number of nitrogens with one attached hydrogen (secondary N) is 1. The maximum absolute atomic E-state index is 13.6. The van der Waals surface area contributed by atoms with Crippen molar-refractivity contribution in [3.8, 4) is 0 Å². The van der Waals surface area contributed by atoms with Crippen molar-refractivity contribution in [1.29, 1.82) is 0 Å². The fourth-order valence-electron chi connectivity index (χ4n) is 2.87. The van der Waals surface area contributed by atoms with Gasteiger partial charge in [-0.1, -0.05) is 29.8 Å². The molecule has 1 aliphatic rings. The molecule has 0 saturated heterocycles. The number of hydrogen-bond acceptors (Lipinski definition) is 3. The zero-order valence-electron chi connectivity index (χ0n) is 13.2. The van der Waals surface area contributed by atoms with Crippen LogP contribution in [0.1, 0.15) is 16.7 Å². The van der Waals surface area contributed by atoms with Crippen LogP contribution >= 0.6 is 11.6 Å². The second kappa shape index (κ2) is 6.70. The van der Waals surface area contributed by atoms with Crippen molar-refractivity contribution in [2.75, 3.05) is 17.4 Å². The maximum Gasteiger partial charge on any atom is 0.239 e. The SMILES string of the molecule is Cc1cccc2c1CNCCN2S(=O)(=O)Cc1ccc(Cl)c(F)c1. The van der Waals surface area contributed by atoms with Gasteiger partial charge in [0, 0.05) is 19.6 Å². The first-order chi connectivity index (χ1) is 11.4. The van der Waals surface area contributed by atoms with Crippen molar-refractivity contribution in [2.45, 2.75) is 19.2 Å². The number of aryl methyl sites for hydroxylation is 1. The lowest BCUT2D eigenvalue weighted by molar-refractivity contribution is 0.588. The Bertz CT molecular complexity index is 871. The van der Waals surface area contributed by atoms with Crippen LogP contribution in [0.5, 0.6) is 0 Å². The van der Waals surface area contributed by atoms with E-state index in [-0.39, 0.29) is 10.8 Å². The van der Waals surface area contributed by atoms with E-state index in [1.165, 1.54) is 22.5 Å². The Labute approximate surface area is 146 Å². The molecule has 0 aromatic heterocycles. The van der Waals surface area contributed by atoms with E-state index in [1.54, 1.807) is 0 Å². The fourth-order valence-corrected chi connectivity index (χ4v) is 4.59. The van der Waals surface area contributed by atoms with Gasteiger partial charge in [0.25, 0.3) is 0 Å². The van der Waals surface area contributed by atoms with Crippen LogP contribution in [0.15, 0.2) is 36.4 Å². The third-order valence-electron chi connectivity index (χ3n) is 4.12. The van der Waals surface area contributed by atoms with Crippen LogP contribution in [0, 0.1) is 12.7 Å². The van der Waals surface area contributed by atoms with Crippen LogP contribution in [0.3, 0.4) is 0 Å². The molecule has 1 N–H and O–H groups in total. The van der Waals surface area contributed by atoms with E-state index in [1.807, 2.05) is 25.1 Å². The summed E-state index contributed by atoms with van der Waals surface area (Å²) in [5.74, 6) is -0.882. The maximum atomic E-state index is 13.6. The van der Waals surface area contributed by atoms with Gasteiger partial charge in [-0.25, -0.2) is 12.8 Å². The highest BCUT2D eigenvalue weighted by Crippen LogP contribution is 2.29. The van der Waals surface area contributed by atoms with Crippen molar-refractivity contribution in [1.82, 2.24) is 5.32 Å². The lowest BCUT2D eigenvalue weighted by Crippen LogP contribution is -2.35. The van der Waals surface area contributed by atoms with Gasteiger partial charge >= 0.3 is 0 Å². The van der Waals surface area contributed by atoms with Crippen LogP contribution < -0.4 is 9.62 Å². The first-order valence-electron chi connectivity index (χ1n) is 7.62. The highest BCUT2D eigenvalue weighted by atomic mass is 35.5. The number of sulfonamides is 1. The van der Waals surface area contributed by atoms with Crippen LogP contribution in [0.25, 0.3) is 0 Å². The minimum Gasteiger partial charge on any atom is -0.311 e. The number of fused-ring (bicyclic) bond motifs is 1. The third-order valence-corrected chi connectivity index (χ3v) is 6.17. The highest BCUT2D eigenvalue weighted by molar-refractivity contribution is 7.92. The van der Waals surface area contributed by atoms with E-state index in [4.69, 9.17) is 11.6 Å². The summed E-state index contributed by atoms with van der Waals surface area (Å²) in [6.07, 6.45) is 0. The van der Waals surface area contributed by atoms with Crippen molar-refractivity contribution in [2.24, 2.45) is 0 Å². The monoisotopic (exact) mass is 368 g/mol. The average molecular weight is 369 g/mol. The molecular formula is C17H18ClFN2O2S. The van der Waals surface area contributed by atoms with Crippen molar-refractivity contribution >= 4 is 27.3 Å². The topological polar surface area (TPSA) is 49.4 Å². The second-order valence-electron chi connectivity index (χ2n) is 5.83. The minimum atomic E-state index is -3.64. The molecule has 0 aliphatic carbocycles. The van der Waals surface area contributed by atoms with Gasteiger partial charge in [0.15, 0.2) is 0 Å². The standard InChI is InChI=1S/C17H18ClFN2O2S/c1-12-3-2-4-17-14(12)10-20-7-8-21(17)24(22,23)11-13-5-6-15(18)16(19)9-13/h2-6,9,20H,7-8,10-11H2,1H3. The predicted molar refractivity (Wildman–Crippen MR) is 94.3 cm³/mol. The molecule has 0 unspecified atom stereocenters. The molecule has 0 bridgehead atoms. The smallest absolute Gasteiger partial charge is 0.239 e. The van der Waals surface area contributed by atoms with Crippen molar-refractivity contribution in [3.63, 3.8) is 0 Å². The molecule has 1 aliphatic heterocycles. The second-order valence-corrected chi connectivity index (χ2v) is 8.13. The number of hydrogen-bond donors (Lipinski definition) is 1. The fraction of sp³-hybridized carbons (Fsp3) is 0.294. The lowest BCUT2D eigenvalue weighted by Gasteiger charge is -2.25. The van der Waals surface area contributed by atoms with Gasteiger partial charge in [-0.3, -0.25) is 4.31 Å². The molecule has 0 fully saturated rings. The molecule has 3 rings (SSSR count). The molecule has 0 saturated carbocycles. The van der Waals surface area contributed by atoms with Crippen molar-refractivity contribution < 1.29 is 12.8 Å². The Morgan fingerprint density at radius 1 is 1.29 bits per heavy atom. The molecule has 0 radical (unpaired) electrons. The first kappa shape index (κ1) is 17.2. The van der Waals surface area contributed by atoms with E-state index >= 15 is 0 Å². The van der Waals surface area contributed by atoms with E-state index in [9.17, 15) is 12.8 Å². The quantitative estimate of drug-likeness (QED) is 0.904. The molecule has 4 nitrogen and oxygen atoms in total. The van der Waals surface area contributed by atoms with Gasteiger partial charge in [0.05, 0.1) is 16.5 Å². The van der Waals surface area contributed by atoms with Gasteiger partial charge in [0.2, 0.25) is 10.0 Å². The Morgan fingerprint density at radius 3 is 2.83 bits per heavy atom. The van der Waals surface area contributed by atoms with E-state index in [0.29, 0.717) is 30.9 Å². The Morgan fingerprint density at radius 2 is 2.08 bits per heavy atom. The molecule has 7 heteroatoms. The van der Waals surface area contributed by atoms with Gasteiger partial charge in [-0.2, -0.15) is 0 Å². The Balaban J connectivity index is 1.97. The molecule has 128 valence electrons. The summed E-state index contributed by atoms with van der Waals surface area (Å²) in [6.45, 7) is 3.49. The number of nitrogens with zero attached hydrogens (tertiary/aromatic N) is 1. The zero-order valence-corrected chi connectivity index (χ0v) is 14.8. The van der Waals surface area contributed by atoms with Gasteiger partial charge < -0.3 is 5.32 Å². The summed E-state index contributed by atoms with van der Waals surface area (Å²) in [7, 11) is -3.64. The zero-order chi connectivity index (χ0) is 17.3. The Kier molecular flexibility index (Phi) is 4.80. The average Bonchev–Trinajstić information content (AvgIpc) is 2.75. The van der Waals surface area contributed by atoms with E-state index in [2.05, 4.69) is 5.32 Å². The van der Waals surface area contributed by atoms with Gasteiger partial charge in [0.1, 0.15) is 5.82 Å². The summed E-state index contributed by atoms with van der Waals surface area (Å²) in [4.78, 5) is 0. The molecule has 0 atom stereocenters. The summed E-state index contributed by atoms with van der Waals surface area (Å²) < 4.78 is 40.9. The molecule has 1 heterocycles. The summed E-state index contributed by atoms with van der Waals surface area (Å²) in [5, 5.41) is 3.23. The van der Waals surface area contributed by atoms with E-state index in [0.717, 1.165) is 11.1 Å². The first-order valence-corrected chi connectivity index (χ1v) is 9.61. The summed E-state index contributed by atoms with van der Waals surface area (Å²) >= 11 is 5.66. The number of rotatable bonds is 3. The van der Waals surface area contributed by atoms with Gasteiger partial charge in [-0.15, -0.1) is 0 Å². The lowest BCUT2D eigenvalue weighted by atomic mass is 10.1. The molecule has 2 aromatic rings. The summed E-state index contributed by atoms with van der Waals surface area (Å²) in [5.41, 5.74) is 3.08. The summed E-state index contributed by atoms with van der Waals surface area (Å²) in [6, 6.07) is 9.72. The van der Waals surface area contributed by atoms with Crippen LogP contribution in [-0.4, -0.2) is 21.5 Å². The van der Waals surface area contributed by atoms with Crippen LogP contribution in [0.2, 0.25) is 5.02 Å². The minimum absolute atomic E-state index is 0.0175. The predicted octanol–water partition coefficient (Wildman–Crippen LogP) is 3.23. The normalized spacial score (nSPS) is 15.0. The molecule has 0 spiro atoms. The molecule has 24 heavy (non-hydrogen) atoms. The van der Waals surface area contributed by atoms with Crippen LogP contribution in [-0.2, 0) is 22.3 Å². The van der Waals surface area contributed by atoms with Gasteiger partial charge in [-0.05, 0) is 41.8 Å². The van der Waals surface area contributed by atoms with E-state index < -0.39 is 15.8 Å². The number of benzene rings is 2. The Hall–Kier alpha value is -1.63. The molecule has 2 aromatic carbocycles. The van der Waals surface area contributed by atoms with Crippen LogP contribution in [0.4, 0.5) is 10.1 Å². The molecular weight excluding hydrogens is 351 g/mol. The molecule has 0 amide bonds. The highest BCUT2D eigenvalue weighted by Gasteiger charge is 2.27.